The minimum absolute atomic E-state index is 0.237. The van der Waals surface area contributed by atoms with E-state index in [0.29, 0.717) is 17.1 Å². The molecule has 0 saturated carbocycles. The normalized spacial score (nSPS) is 10.3. The fraction of sp³-hybridized carbons (Fsp3) is 0.200. The number of hydrogen-bond donors (Lipinski definition) is 2. The van der Waals surface area contributed by atoms with Crippen molar-refractivity contribution >= 4 is 17.4 Å². The van der Waals surface area contributed by atoms with Gasteiger partial charge in [-0.1, -0.05) is 12.1 Å². The van der Waals surface area contributed by atoms with Crippen molar-refractivity contribution in [1.82, 2.24) is 4.98 Å². The number of para-hydroxylation sites is 1. The molecule has 0 aliphatic rings. The molecule has 0 bridgehead atoms. The van der Waals surface area contributed by atoms with Crippen molar-refractivity contribution in [1.29, 1.82) is 0 Å². The highest BCUT2D eigenvalue weighted by molar-refractivity contribution is 6.07. The first kappa shape index (κ1) is 13.1. The van der Waals surface area contributed by atoms with Crippen molar-refractivity contribution < 1.29 is 4.79 Å². The third kappa shape index (κ3) is 2.91. The van der Waals surface area contributed by atoms with Crippen LogP contribution in [-0.4, -0.2) is 10.9 Å². The predicted molar refractivity (Wildman–Crippen MR) is 77.3 cm³/mol. The van der Waals surface area contributed by atoms with Crippen LogP contribution in [0.15, 0.2) is 30.3 Å². The van der Waals surface area contributed by atoms with Gasteiger partial charge >= 0.3 is 0 Å². The van der Waals surface area contributed by atoms with Crippen LogP contribution in [0.3, 0.4) is 0 Å². The van der Waals surface area contributed by atoms with E-state index in [2.05, 4.69) is 10.3 Å². The smallest absolute Gasteiger partial charge is 0.258 e. The van der Waals surface area contributed by atoms with Gasteiger partial charge in [-0.3, -0.25) is 4.79 Å². The summed E-state index contributed by atoms with van der Waals surface area (Å²) >= 11 is 0. The van der Waals surface area contributed by atoms with Crippen molar-refractivity contribution in [3.05, 3.63) is 52.7 Å². The van der Waals surface area contributed by atoms with E-state index in [4.69, 9.17) is 5.73 Å². The van der Waals surface area contributed by atoms with Crippen LogP contribution < -0.4 is 11.1 Å². The third-order valence-corrected chi connectivity index (χ3v) is 2.91. The Hall–Kier alpha value is -2.36. The van der Waals surface area contributed by atoms with Crippen molar-refractivity contribution in [2.75, 3.05) is 11.1 Å². The lowest BCUT2D eigenvalue weighted by Gasteiger charge is -2.09. The number of nitrogens with one attached hydrogen (secondary N) is 1. The van der Waals surface area contributed by atoms with Gasteiger partial charge in [0.25, 0.3) is 5.91 Å². The highest BCUT2D eigenvalue weighted by Gasteiger charge is 2.11. The number of benzene rings is 1. The molecule has 0 aliphatic heterocycles. The number of pyridine rings is 1. The molecule has 0 aliphatic carbocycles. The average Bonchev–Trinajstić information content (AvgIpc) is 2.31. The van der Waals surface area contributed by atoms with E-state index in [1.54, 1.807) is 6.07 Å². The standard InChI is InChI=1S/C15H17N3O/c1-9-7-11(3)17-13(8-9)18-15(19)12-6-4-5-10(2)14(12)16/h4-8H,16H2,1-3H3,(H,17,18,19). The van der Waals surface area contributed by atoms with Gasteiger partial charge in [-0.25, -0.2) is 4.98 Å². The van der Waals surface area contributed by atoms with Gasteiger partial charge in [0.1, 0.15) is 5.82 Å². The molecule has 19 heavy (non-hydrogen) atoms. The first-order valence-corrected chi connectivity index (χ1v) is 6.09. The van der Waals surface area contributed by atoms with Crippen LogP contribution in [0.5, 0.6) is 0 Å². The van der Waals surface area contributed by atoms with Gasteiger partial charge < -0.3 is 11.1 Å². The van der Waals surface area contributed by atoms with Gasteiger partial charge in [0.15, 0.2) is 0 Å². The second-order valence-corrected chi connectivity index (χ2v) is 4.66. The van der Waals surface area contributed by atoms with Crippen LogP contribution in [0.2, 0.25) is 0 Å². The first-order valence-electron chi connectivity index (χ1n) is 6.09. The maximum Gasteiger partial charge on any atom is 0.258 e. The lowest BCUT2D eigenvalue weighted by atomic mass is 10.1. The number of aromatic nitrogens is 1. The topological polar surface area (TPSA) is 68.0 Å². The Morgan fingerprint density at radius 3 is 2.63 bits per heavy atom. The molecule has 0 saturated heterocycles. The molecule has 1 aromatic carbocycles. The summed E-state index contributed by atoms with van der Waals surface area (Å²) in [5.41, 5.74) is 9.71. The summed E-state index contributed by atoms with van der Waals surface area (Å²) in [6, 6.07) is 9.19. The minimum atomic E-state index is -0.237. The monoisotopic (exact) mass is 255 g/mol. The predicted octanol–water partition coefficient (Wildman–Crippen LogP) is 2.84. The number of rotatable bonds is 2. The molecular weight excluding hydrogens is 238 g/mol. The van der Waals surface area contributed by atoms with Gasteiger partial charge in [-0.05, 0) is 50.1 Å². The number of amides is 1. The summed E-state index contributed by atoms with van der Waals surface area (Å²) in [5, 5.41) is 2.78. The van der Waals surface area contributed by atoms with E-state index < -0.39 is 0 Å². The number of carbonyl (C=O) groups excluding carboxylic acids is 1. The number of nitrogens with zero attached hydrogens (tertiary/aromatic N) is 1. The van der Waals surface area contributed by atoms with E-state index in [-0.39, 0.29) is 5.91 Å². The van der Waals surface area contributed by atoms with E-state index in [1.165, 1.54) is 0 Å². The van der Waals surface area contributed by atoms with Gasteiger partial charge in [-0.15, -0.1) is 0 Å². The molecule has 4 nitrogen and oxygen atoms in total. The maximum atomic E-state index is 12.2. The van der Waals surface area contributed by atoms with E-state index >= 15 is 0 Å². The number of nitrogen functional groups attached to an aromatic ring is 1. The SMILES string of the molecule is Cc1cc(C)nc(NC(=O)c2cccc(C)c2N)c1. The molecule has 0 radical (unpaired) electrons. The van der Waals surface area contributed by atoms with Crippen molar-refractivity contribution in [3.63, 3.8) is 0 Å². The average molecular weight is 255 g/mol. The van der Waals surface area contributed by atoms with Crippen molar-refractivity contribution in [3.8, 4) is 0 Å². The second kappa shape index (κ2) is 5.10. The molecule has 2 aromatic rings. The lowest BCUT2D eigenvalue weighted by Crippen LogP contribution is -2.15. The van der Waals surface area contributed by atoms with Crippen LogP contribution in [0.4, 0.5) is 11.5 Å². The van der Waals surface area contributed by atoms with Crippen molar-refractivity contribution in [2.24, 2.45) is 0 Å². The molecule has 2 rings (SSSR count). The Morgan fingerprint density at radius 1 is 1.21 bits per heavy atom. The van der Waals surface area contributed by atoms with E-state index in [0.717, 1.165) is 16.8 Å². The van der Waals surface area contributed by atoms with Gasteiger partial charge in [0.05, 0.1) is 5.56 Å². The summed E-state index contributed by atoms with van der Waals surface area (Å²) in [6.07, 6.45) is 0. The van der Waals surface area contributed by atoms with Gasteiger partial charge in [-0.2, -0.15) is 0 Å². The Bertz CT molecular complexity index is 615. The van der Waals surface area contributed by atoms with Gasteiger partial charge in [0, 0.05) is 11.4 Å². The van der Waals surface area contributed by atoms with E-state index in [1.807, 2.05) is 45.0 Å². The Morgan fingerprint density at radius 2 is 1.95 bits per heavy atom. The van der Waals surface area contributed by atoms with Crippen LogP contribution in [0, 0.1) is 20.8 Å². The second-order valence-electron chi connectivity index (χ2n) is 4.66. The minimum Gasteiger partial charge on any atom is -0.398 e. The summed E-state index contributed by atoms with van der Waals surface area (Å²) in [6.45, 7) is 5.73. The first-order chi connectivity index (χ1) is 8.97. The summed E-state index contributed by atoms with van der Waals surface area (Å²) in [7, 11) is 0. The van der Waals surface area contributed by atoms with Crippen LogP contribution in [-0.2, 0) is 0 Å². The molecule has 1 aromatic heterocycles. The zero-order valence-electron chi connectivity index (χ0n) is 11.3. The van der Waals surface area contributed by atoms with Crippen LogP contribution >= 0.6 is 0 Å². The summed E-state index contributed by atoms with van der Waals surface area (Å²) in [5.74, 6) is 0.308. The van der Waals surface area contributed by atoms with Crippen LogP contribution in [0.25, 0.3) is 0 Å². The zero-order chi connectivity index (χ0) is 14.0. The maximum absolute atomic E-state index is 12.2. The fourth-order valence-corrected chi connectivity index (χ4v) is 1.97. The largest absolute Gasteiger partial charge is 0.398 e. The lowest BCUT2D eigenvalue weighted by molar-refractivity contribution is 0.102. The molecule has 1 amide bonds. The molecule has 4 heteroatoms. The molecular formula is C15H17N3O. The number of nitrogens with two attached hydrogens (primary N) is 1. The Labute approximate surface area is 112 Å². The third-order valence-electron chi connectivity index (χ3n) is 2.91. The molecule has 0 spiro atoms. The summed E-state index contributed by atoms with van der Waals surface area (Å²) in [4.78, 5) is 16.5. The Balaban J connectivity index is 2.28. The highest BCUT2D eigenvalue weighted by atomic mass is 16.1. The fourth-order valence-electron chi connectivity index (χ4n) is 1.97. The van der Waals surface area contributed by atoms with E-state index in [9.17, 15) is 4.79 Å². The molecule has 0 atom stereocenters. The molecule has 3 N–H and O–H groups in total. The van der Waals surface area contributed by atoms with Crippen molar-refractivity contribution in [2.45, 2.75) is 20.8 Å². The number of hydrogen-bond acceptors (Lipinski definition) is 3. The molecule has 1 heterocycles. The summed E-state index contributed by atoms with van der Waals surface area (Å²) < 4.78 is 0. The number of anilines is 2. The molecule has 0 fully saturated rings. The molecule has 0 unspecified atom stereocenters. The number of carbonyl (C=O) groups is 1. The molecule has 98 valence electrons. The Kier molecular flexibility index (Phi) is 3.51. The highest BCUT2D eigenvalue weighted by Crippen LogP contribution is 2.18. The zero-order valence-corrected chi connectivity index (χ0v) is 11.3. The van der Waals surface area contributed by atoms with Gasteiger partial charge in [0.2, 0.25) is 0 Å². The quantitative estimate of drug-likeness (QED) is 0.811. The number of aryl methyl sites for hydroxylation is 3. The van der Waals surface area contributed by atoms with Crippen LogP contribution in [0.1, 0.15) is 27.2 Å².